The number of amides is 1. The molecule has 1 fully saturated rings. The first-order valence-corrected chi connectivity index (χ1v) is 10.4. The van der Waals surface area contributed by atoms with Crippen LogP contribution in [0.1, 0.15) is 36.5 Å². The number of hydrogen-bond acceptors (Lipinski definition) is 2. The van der Waals surface area contributed by atoms with Crippen molar-refractivity contribution in [2.75, 3.05) is 26.2 Å². The Balaban J connectivity index is 1.52. The minimum absolute atomic E-state index is 0.0587. The predicted octanol–water partition coefficient (Wildman–Crippen LogP) is 5.47. The second kappa shape index (κ2) is 9.60. The minimum Gasteiger partial charge on any atom is -0.337 e. The Kier molecular flexibility index (Phi) is 7.17. The van der Waals surface area contributed by atoms with Gasteiger partial charge in [-0.2, -0.15) is 0 Å². The van der Waals surface area contributed by atoms with Gasteiger partial charge >= 0.3 is 0 Å². The SMILES string of the molecule is CC(C)c1ccc(/C=C/C(=O)N2CCN(Cc3c(Cl)cccc3Cl)CC2)cc1. The van der Waals surface area contributed by atoms with E-state index in [2.05, 4.69) is 43.0 Å². The number of carbonyl (C=O) groups excluding carboxylic acids is 1. The van der Waals surface area contributed by atoms with Crippen molar-refractivity contribution in [1.82, 2.24) is 9.80 Å². The normalized spacial score (nSPS) is 15.5. The van der Waals surface area contributed by atoms with Crippen molar-refractivity contribution in [2.45, 2.75) is 26.3 Å². The fourth-order valence-electron chi connectivity index (χ4n) is 3.30. The Bertz CT molecular complexity index is 818. The van der Waals surface area contributed by atoms with Gasteiger partial charge in [-0.3, -0.25) is 9.69 Å². The van der Waals surface area contributed by atoms with Crippen molar-refractivity contribution < 1.29 is 4.79 Å². The van der Waals surface area contributed by atoms with E-state index in [1.807, 2.05) is 29.2 Å². The van der Waals surface area contributed by atoms with E-state index in [-0.39, 0.29) is 5.91 Å². The molecule has 1 aliphatic heterocycles. The number of nitrogens with zero attached hydrogens (tertiary/aromatic N) is 2. The van der Waals surface area contributed by atoms with E-state index < -0.39 is 0 Å². The number of halogens is 2. The lowest BCUT2D eigenvalue weighted by Gasteiger charge is -2.34. The third-order valence-corrected chi connectivity index (χ3v) is 5.86. The number of hydrogen-bond donors (Lipinski definition) is 0. The molecular weight excluding hydrogens is 391 g/mol. The molecule has 2 aromatic rings. The molecule has 148 valence electrons. The highest BCUT2D eigenvalue weighted by molar-refractivity contribution is 6.35. The molecule has 3 rings (SSSR count). The van der Waals surface area contributed by atoms with Crippen LogP contribution >= 0.6 is 23.2 Å². The molecule has 28 heavy (non-hydrogen) atoms. The summed E-state index contributed by atoms with van der Waals surface area (Å²) in [7, 11) is 0. The van der Waals surface area contributed by atoms with E-state index in [4.69, 9.17) is 23.2 Å². The van der Waals surface area contributed by atoms with Crippen LogP contribution in [-0.2, 0) is 11.3 Å². The van der Waals surface area contributed by atoms with Crippen molar-refractivity contribution in [3.05, 3.63) is 75.3 Å². The summed E-state index contributed by atoms with van der Waals surface area (Å²) in [6.07, 6.45) is 3.56. The predicted molar refractivity (Wildman–Crippen MR) is 118 cm³/mol. The lowest BCUT2D eigenvalue weighted by atomic mass is 10.0. The zero-order valence-corrected chi connectivity index (χ0v) is 17.9. The Hall–Kier alpha value is -1.81. The van der Waals surface area contributed by atoms with Crippen LogP contribution in [0, 0.1) is 0 Å². The molecular formula is C23H26Cl2N2O. The molecule has 0 N–H and O–H groups in total. The summed E-state index contributed by atoms with van der Waals surface area (Å²) >= 11 is 12.5. The monoisotopic (exact) mass is 416 g/mol. The van der Waals surface area contributed by atoms with Gasteiger partial charge in [-0.25, -0.2) is 0 Å². The molecule has 0 aromatic heterocycles. The van der Waals surface area contributed by atoms with Gasteiger partial charge in [0, 0.05) is 54.4 Å². The van der Waals surface area contributed by atoms with E-state index in [1.165, 1.54) is 5.56 Å². The third kappa shape index (κ3) is 5.38. The highest BCUT2D eigenvalue weighted by atomic mass is 35.5. The molecule has 0 saturated carbocycles. The van der Waals surface area contributed by atoms with Crippen LogP contribution < -0.4 is 0 Å². The molecule has 5 heteroatoms. The molecule has 0 atom stereocenters. The first-order valence-electron chi connectivity index (χ1n) is 9.66. The summed E-state index contributed by atoms with van der Waals surface area (Å²) < 4.78 is 0. The van der Waals surface area contributed by atoms with E-state index in [0.717, 1.165) is 24.2 Å². The Morgan fingerprint density at radius 2 is 1.61 bits per heavy atom. The standard InChI is InChI=1S/C23H26Cl2N2O/c1-17(2)19-9-6-18(7-10-19)8-11-23(28)27-14-12-26(13-15-27)16-20-21(24)4-3-5-22(20)25/h3-11,17H,12-16H2,1-2H3/b11-8+. The van der Waals surface area contributed by atoms with Gasteiger partial charge in [0.15, 0.2) is 0 Å². The quantitative estimate of drug-likeness (QED) is 0.602. The maximum absolute atomic E-state index is 12.5. The smallest absolute Gasteiger partial charge is 0.246 e. The largest absolute Gasteiger partial charge is 0.337 e. The zero-order chi connectivity index (χ0) is 20.1. The first-order chi connectivity index (χ1) is 13.4. The third-order valence-electron chi connectivity index (χ3n) is 5.15. The summed E-state index contributed by atoms with van der Waals surface area (Å²) in [5.41, 5.74) is 3.30. The van der Waals surface area contributed by atoms with Gasteiger partial charge in [0.25, 0.3) is 0 Å². The van der Waals surface area contributed by atoms with Crippen molar-refractivity contribution in [1.29, 1.82) is 0 Å². The highest BCUT2D eigenvalue weighted by Gasteiger charge is 2.21. The second-order valence-corrected chi connectivity index (χ2v) is 8.27. The zero-order valence-electron chi connectivity index (χ0n) is 16.4. The Morgan fingerprint density at radius 3 is 2.18 bits per heavy atom. The number of carbonyl (C=O) groups is 1. The molecule has 0 radical (unpaired) electrons. The second-order valence-electron chi connectivity index (χ2n) is 7.46. The highest BCUT2D eigenvalue weighted by Crippen LogP contribution is 2.26. The van der Waals surface area contributed by atoms with Crippen molar-refractivity contribution >= 4 is 35.2 Å². The lowest BCUT2D eigenvalue weighted by molar-refractivity contribution is -0.127. The van der Waals surface area contributed by atoms with Crippen LogP contribution in [0.2, 0.25) is 10.0 Å². The Morgan fingerprint density at radius 1 is 1.00 bits per heavy atom. The average Bonchev–Trinajstić information content (AvgIpc) is 2.70. The molecule has 2 aromatic carbocycles. The van der Waals surface area contributed by atoms with Gasteiger partial charge in [-0.1, -0.05) is 67.4 Å². The van der Waals surface area contributed by atoms with Gasteiger partial charge < -0.3 is 4.90 Å². The van der Waals surface area contributed by atoms with Crippen molar-refractivity contribution in [3.63, 3.8) is 0 Å². The molecule has 0 unspecified atom stereocenters. The van der Waals surface area contributed by atoms with Crippen molar-refractivity contribution in [3.8, 4) is 0 Å². The maximum atomic E-state index is 12.5. The molecule has 0 aliphatic carbocycles. The summed E-state index contributed by atoms with van der Waals surface area (Å²) in [4.78, 5) is 16.7. The summed E-state index contributed by atoms with van der Waals surface area (Å²) in [5.74, 6) is 0.569. The first kappa shape index (κ1) is 20.9. The van der Waals surface area contributed by atoms with Crippen LogP contribution in [0.3, 0.4) is 0 Å². The van der Waals surface area contributed by atoms with E-state index in [9.17, 15) is 4.79 Å². The van der Waals surface area contributed by atoms with E-state index >= 15 is 0 Å². The van der Waals surface area contributed by atoms with Crippen LogP contribution in [0.4, 0.5) is 0 Å². The Labute approximate surface area is 177 Å². The van der Waals surface area contributed by atoms with E-state index in [1.54, 1.807) is 6.08 Å². The molecule has 0 bridgehead atoms. The number of rotatable bonds is 5. The van der Waals surface area contributed by atoms with Gasteiger partial charge in [-0.15, -0.1) is 0 Å². The van der Waals surface area contributed by atoms with Crippen LogP contribution in [-0.4, -0.2) is 41.9 Å². The van der Waals surface area contributed by atoms with Gasteiger partial charge in [-0.05, 0) is 35.3 Å². The summed E-state index contributed by atoms with van der Waals surface area (Å²) in [5, 5.41) is 1.38. The van der Waals surface area contributed by atoms with E-state index in [0.29, 0.717) is 35.6 Å². The average molecular weight is 417 g/mol. The molecule has 1 aliphatic rings. The van der Waals surface area contributed by atoms with Crippen LogP contribution in [0.25, 0.3) is 6.08 Å². The molecule has 1 saturated heterocycles. The lowest BCUT2D eigenvalue weighted by Crippen LogP contribution is -2.47. The fourth-order valence-corrected chi connectivity index (χ4v) is 3.82. The summed E-state index contributed by atoms with van der Waals surface area (Å²) in [6.45, 7) is 8.09. The summed E-state index contributed by atoms with van der Waals surface area (Å²) in [6, 6.07) is 13.9. The van der Waals surface area contributed by atoms with Gasteiger partial charge in [0.05, 0.1) is 0 Å². The molecule has 0 spiro atoms. The minimum atomic E-state index is 0.0587. The van der Waals surface area contributed by atoms with Crippen LogP contribution in [0.5, 0.6) is 0 Å². The topological polar surface area (TPSA) is 23.6 Å². The molecule has 1 heterocycles. The van der Waals surface area contributed by atoms with Gasteiger partial charge in [0.1, 0.15) is 0 Å². The molecule has 3 nitrogen and oxygen atoms in total. The maximum Gasteiger partial charge on any atom is 0.246 e. The number of piperazine rings is 1. The van der Waals surface area contributed by atoms with Gasteiger partial charge in [0.2, 0.25) is 5.91 Å². The van der Waals surface area contributed by atoms with Crippen molar-refractivity contribution in [2.24, 2.45) is 0 Å². The van der Waals surface area contributed by atoms with Crippen LogP contribution in [0.15, 0.2) is 48.5 Å². The fraction of sp³-hybridized carbons (Fsp3) is 0.348. The molecule has 1 amide bonds. The number of benzene rings is 2.